The van der Waals surface area contributed by atoms with E-state index in [-0.39, 0.29) is 17.5 Å². The molecule has 3 rings (SSSR count). The number of hydrogen-bond donors (Lipinski definition) is 2. The van der Waals surface area contributed by atoms with Crippen LogP contribution in [0.1, 0.15) is 5.56 Å². The summed E-state index contributed by atoms with van der Waals surface area (Å²) in [6, 6.07) is 3.31. The van der Waals surface area contributed by atoms with Crippen LogP contribution in [0, 0.1) is 5.82 Å². The van der Waals surface area contributed by atoms with Crippen LogP contribution in [-0.2, 0) is 4.74 Å². The summed E-state index contributed by atoms with van der Waals surface area (Å²) in [6.45, 7) is 2.16. The van der Waals surface area contributed by atoms with Crippen LogP contribution in [0.2, 0.25) is 0 Å². The summed E-state index contributed by atoms with van der Waals surface area (Å²) < 4.78 is 25.1. The number of hydrogen-bond acceptors (Lipinski definition) is 8. The lowest BCUT2D eigenvalue weighted by atomic mass is 10.2. The number of benzene rings is 1. The number of nitrogens with one attached hydrogen (secondary N) is 1. The Morgan fingerprint density at radius 3 is 2.92 bits per heavy atom. The summed E-state index contributed by atoms with van der Waals surface area (Å²) in [5.41, 5.74) is 3.07. The number of aromatic hydroxyl groups is 1. The molecule has 0 unspecified atom stereocenters. The Kier molecular flexibility index (Phi) is 5.84. The monoisotopic (exact) mass is 425 g/mol. The summed E-state index contributed by atoms with van der Waals surface area (Å²) in [7, 11) is 1.46. The van der Waals surface area contributed by atoms with Gasteiger partial charge in [0.2, 0.25) is 5.95 Å². The van der Waals surface area contributed by atoms with Crippen molar-refractivity contribution in [3.8, 4) is 11.5 Å². The second-order valence-electron chi connectivity index (χ2n) is 5.38. The van der Waals surface area contributed by atoms with E-state index in [2.05, 4.69) is 36.4 Å². The number of methoxy groups -OCH3 is 1. The molecule has 0 aliphatic carbocycles. The summed E-state index contributed by atoms with van der Waals surface area (Å²) >= 11 is 3.33. The summed E-state index contributed by atoms with van der Waals surface area (Å²) in [6.07, 6.45) is 2.49. The minimum absolute atomic E-state index is 0.0460. The molecule has 10 heteroatoms. The smallest absolute Gasteiger partial charge is 0.245 e. The van der Waals surface area contributed by atoms with Crippen LogP contribution in [0.15, 0.2) is 27.9 Å². The van der Waals surface area contributed by atoms with Crippen molar-refractivity contribution in [3.05, 3.63) is 34.2 Å². The van der Waals surface area contributed by atoms with Crippen LogP contribution < -0.4 is 15.1 Å². The zero-order valence-electron chi connectivity index (χ0n) is 13.9. The molecule has 26 heavy (non-hydrogen) atoms. The average Bonchev–Trinajstić information content (AvgIpc) is 2.66. The third-order valence-corrected chi connectivity index (χ3v) is 4.15. The number of hydrazone groups is 1. The second-order valence-corrected chi connectivity index (χ2v) is 6.30. The number of phenols is 1. The van der Waals surface area contributed by atoms with E-state index in [0.29, 0.717) is 37.6 Å². The van der Waals surface area contributed by atoms with E-state index in [1.165, 1.54) is 13.3 Å². The highest BCUT2D eigenvalue weighted by molar-refractivity contribution is 9.10. The number of aromatic nitrogens is 2. The van der Waals surface area contributed by atoms with Crippen molar-refractivity contribution in [2.75, 3.05) is 43.7 Å². The van der Waals surface area contributed by atoms with Gasteiger partial charge in [-0.1, -0.05) is 15.9 Å². The highest BCUT2D eigenvalue weighted by Crippen LogP contribution is 2.32. The Morgan fingerprint density at radius 2 is 2.19 bits per heavy atom. The maximum Gasteiger partial charge on any atom is 0.245 e. The highest BCUT2D eigenvalue weighted by Gasteiger charge is 2.17. The van der Waals surface area contributed by atoms with Crippen LogP contribution in [-0.4, -0.2) is 54.7 Å². The molecule has 0 spiro atoms. The SMILES string of the molecule is COc1cc(Br)cc(/C=N/Nc2ncc(F)c(N3CCOCC3)n2)c1O. The lowest BCUT2D eigenvalue weighted by molar-refractivity contribution is 0.122. The molecule has 2 N–H and O–H groups in total. The fourth-order valence-corrected chi connectivity index (χ4v) is 2.87. The van der Waals surface area contributed by atoms with Gasteiger partial charge in [-0.3, -0.25) is 0 Å². The first-order valence-electron chi connectivity index (χ1n) is 7.79. The molecule has 1 saturated heterocycles. The van der Waals surface area contributed by atoms with Crippen molar-refractivity contribution in [2.24, 2.45) is 5.10 Å². The van der Waals surface area contributed by atoms with Crippen molar-refractivity contribution in [3.63, 3.8) is 0 Å². The predicted octanol–water partition coefficient (Wildman–Crippen LogP) is 2.38. The first-order chi connectivity index (χ1) is 12.6. The molecule has 0 radical (unpaired) electrons. The molecule has 2 aromatic rings. The van der Waals surface area contributed by atoms with E-state index < -0.39 is 5.82 Å². The van der Waals surface area contributed by atoms with E-state index in [1.807, 2.05) is 0 Å². The minimum Gasteiger partial charge on any atom is -0.504 e. The fraction of sp³-hybridized carbons (Fsp3) is 0.312. The number of halogens is 2. The van der Waals surface area contributed by atoms with Gasteiger partial charge in [0.1, 0.15) is 0 Å². The van der Waals surface area contributed by atoms with Crippen LogP contribution >= 0.6 is 15.9 Å². The zero-order valence-corrected chi connectivity index (χ0v) is 15.5. The topological polar surface area (TPSA) is 92.1 Å². The Balaban J connectivity index is 1.76. The van der Waals surface area contributed by atoms with E-state index in [9.17, 15) is 9.50 Å². The summed E-state index contributed by atoms with van der Waals surface area (Å²) in [4.78, 5) is 9.83. The van der Waals surface area contributed by atoms with Gasteiger partial charge in [-0.15, -0.1) is 0 Å². The van der Waals surface area contributed by atoms with E-state index in [0.717, 1.165) is 10.7 Å². The quantitative estimate of drug-likeness (QED) is 0.560. The van der Waals surface area contributed by atoms with Gasteiger partial charge >= 0.3 is 0 Å². The summed E-state index contributed by atoms with van der Waals surface area (Å²) in [5, 5.41) is 14.1. The average molecular weight is 426 g/mol. The van der Waals surface area contributed by atoms with Gasteiger partial charge in [0.15, 0.2) is 23.1 Å². The maximum absolute atomic E-state index is 14.0. The minimum atomic E-state index is -0.504. The molecule has 1 aliphatic rings. The molecule has 0 amide bonds. The van der Waals surface area contributed by atoms with Crippen molar-refractivity contribution in [1.82, 2.24) is 9.97 Å². The molecule has 1 aromatic carbocycles. The van der Waals surface area contributed by atoms with Gasteiger partial charge in [0.05, 0.1) is 32.7 Å². The number of anilines is 2. The molecular formula is C16H17BrFN5O3. The molecule has 1 aliphatic heterocycles. The van der Waals surface area contributed by atoms with Crippen molar-refractivity contribution >= 4 is 33.9 Å². The largest absolute Gasteiger partial charge is 0.504 e. The van der Waals surface area contributed by atoms with Crippen LogP contribution in [0.3, 0.4) is 0 Å². The van der Waals surface area contributed by atoms with E-state index in [1.54, 1.807) is 17.0 Å². The first kappa shape index (κ1) is 18.3. The highest BCUT2D eigenvalue weighted by atomic mass is 79.9. The third kappa shape index (κ3) is 4.20. The van der Waals surface area contributed by atoms with Gasteiger partial charge in [-0.05, 0) is 12.1 Å². The number of morpholine rings is 1. The molecule has 1 aromatic heterocycles. The van der Waals surface area contributed by atoms with Gasteiger partial charge in [0, 0.05) is 23.1 Å². The van der Waals surface area contributed by atoms with Crippen LogP contribution in [0.4, 0.5) is 16.2 Å². The van der Waals surface area contributed by atoms with Crippen molar-refractivity contribution in [2.45, 2.75) is 0 Å². The maximum atomic E-state index is 14.0. The van der Waals surface area contributed by atoms with E-state index in [4.69, 9.17) is 9.47 Å². The second kappa shape index (κ2) is 8.28. The lowest BCUT2D eigenvalue weighted by Gasteiger charge is -2.27. The number of ether oxygens (including phenoxy) is 2. The van der Waals surface area contributed by atoms with Crippen molar-refractivity contribution in [1.29, 1.82) is 0 Å². The molecular weight excluding hydrogens is 409 g/mol. The van der Waals surface area contributed by atoms with Gasteiger partial charge in [0.25, 0.3) is 0 Å². The molecule has 0 saturated carbocycles. The predicted molar refractivity (Wildman–Crippen MR) is 98.6 cm³/mol. The normalized spacial score (nSPS) is 14.7. The molecule has 1 fully saturated rings. The van der Waals surface area contributed by atoms with Gasteiger partial charge in [-0.25, -0.2) is 14.8 Å². The third-order valence-electron chi connectivity index (χ3n) is 3.69. The zero-order chi connectivity index (χ0) is 18.5. The van der Waals surface area contributed by atoms with Crippen LogP contribution in [0.5, 0.6) is 11.5 Å². The number of rotatable bonds is 5. The van der Waals surface area contributed by atoms with Crippen molar-refractivity contribution < 1.29 is 19.0 Å². The molecule has 8 nitrogen and oxygen atoms in total. The van der Waals surface area contributed by atoms with Gasteiger partial charge < -0.3 is 19.5 Å². The lowest BCUT2D eigenvalue weighted by Crippen LogP contribution is -2.37. The Bertz CT molecular complexity index is 815. The molecule has 138 valence electrons. The standard InChI is InChI=1S/C16H17BrFN5O3/c1-25-13-7-11(17)6-10(14(13)24)8-20-22-16-19-9-12(18)15(21-16)23-2-4-26-5-3-23/h6-9,24H,2-5H2,1H3,(H,19,21,22)/b20-8+. The van der Waals surface area contributed by atoms with Gasteiger partial charge in [-0.2, -0.15) is 10.1 Å². The fourth-order valence-electron chi connectivity index (χ4n) is 2.42. The Labute approximate surface area is 157 Å². The molecule has 0 atom stereocenters. The van der Waals surface area contributed by atoms with E-state index >= 15 is 0 Å². The number of nitrogens with zero attached hydrogens (tertiary/aromatic N) is 4. The Morgan fingerprint density at radius 1 is 1.42 bits per heavy atom. The Hall–Kier alpha value is -2.46. The van der Waals surface area contributed by atoms with Crippen LogP contribution in [0.25, 0.3) is 0 Å². The molecule has 2 heterocycles. The summed E-state index contributed by atoms with van der Waals surface area (Å²) in [5.74, 6) is 0.109. The first-order valence-corrected chi connectivity index (χ1v) is 8.58. The number of phenolic OH excluding ortho intramolecular Hbond substituents is 1. The molecule has 0 bridgehead atoms.